The average Bonchev–Trinajstić information content (AvgIpc) is 3.30. The second kappa shape index (κ2) is 8.59. The number of benzene rings is 2. The molecular weight excluding hydrogens is 400 g/mol. The van der Waals surface area contributed by atoms with Gasteiger partial charge in [0.05, 0.1) is 22.1 Å². The van der Waals surface area contributed by atoms with E-state index >= 15 is 0 Å². The van der Waals surface area contributed by atoms with Crippen molar-refractivity contribution < 1.29 is 0 Å². The molecule has 0 radical (unpaired) electrons. The molecule has 0 saturated heterocycles. The van der Waals surface area contributed by atoms with Crippen molar-refractivity contribution in [2.75, 3.05) is 5.32 Å². The fourth-order valence-electron chi connectivity index (χ4n) is 2.91. The molecule has 0 amide bonds. The Hall–Kier alpha value is -3.97. The molecule has 2 aromatic carbocycles. The Morgan fingerprint density at radius 1 is 1.03 bits per heavy atom. The molecule has 4 rings (SSSR count). The van der Waals surface area contributed by atoms with Crippen LogP contribution >= 0.6 is 11.6 Å². The van der Waals surface area contributed by atoms with Crippen molar-refractivity contribution in [1.29, 1.82) is 5.41 Å². The van der Waals surface area contributed by atoms with Gasteiger partial charge in [-0.15, -0.1) is 0 Å². The van der Waals surface area contributed by atoms with Crippen LogP contribution in [0.4, 0.5) is 5.69 Å². The first-order valence-corrected chi connectivity index (χ1v) is 9.46. The van der Waals surface area contributed by atoms with Gasteiger partial charge in [-0.25, -0.2) is 9.36 Å². The highest BCUT2D eigenvalue weighted by Crippen LogP contribution is 2.23. The lowest BCUT2D eigenvalue weighted by molar-refractivity contribution is 0.822. The third-order valence-electron chi connectivity index (χ3n) is 4.31. The Kier molecular flexibility index (Phi) is 5.54. The molecule has 8 heteroatoms. The molecule has 2 aromatic heterocycles. The van der Waals surface area contributed by atoms with Crippen LogP contribution in [0.1, 0.15) is 5.69 Å². The molecule has 0 aliphatic carbocycles. The smallest absolute Gasteiger partial charge is 0.209 e. The van der Waals surface area contributed by atoms with Crippen molar-refractivity contribution in [2.24, 2.45) is 0 Å². The highest BCUT2D eigenvalue weighted by Gasteiger charge is 2.12. The van der Waals surface area contributed by atoms with E-state index in [1.165, 1.54) is 16.8 Å². The molecule has 0 aliphatic heterocycles. The summed E-state index contributed by atoms with van der Waals surface area (Å²) < 4.78 is 3.24. The molecule has 2 heterocycles. The number of allylic oxidation sites excluding steroid dienone is 1. The largest absolute Gasteiger partial charge is 0.354 e. The van der Waals surface area contributed by atoms with Crippen LogP contribution in [0.2, 0.25) is 5.02 Å². The summed E-state index contributed by atoms with van der Waals surface area (Å²) in [6.07, 6.45) is 7.67. The number of para-hydroxylation sites is 1. The summed E-state index contributed by atoms with van der Waals surface area (Å²) in [5.74, 6) is 0. The van der Waals surface area contributed by atoms with E-state index in [1.807, 2.05) is 54.7 Å². The van der Waals surface area contributed by atoms with Crippen molar-refractivity contribution in [2.45, 2.75) is 0 Å². The monoisotopic (exact) mass is 416 g/mol. The molecule has 0 atom stereocenters. The minimum Gasteiger partial charge on any atom is -0.354 e. The maximum atomic E-state index is 12.5. The first kappa shape index (κ1) is 19.4. The summed E-state index contributed by atoms with van der Waals surface area (Å²) in [7, 11) is 0. The van der Waals surface area contributed by atoms with Gasteiger partial charge in [0, 0.05) is 36.6 Å². The molecule has 0 saturated carbocycles. The highest BCUT2D eigenvalue weighted by atomic mass is 35.5. The Balaban J connectivity index is 1.73. The van der Waals surface area contributed by atoms with Crippen LogP contribution < -0.4 is 10.7 Å². The van der Waals surface area contributed by atoms with Gasteiger partial charge in [-0.1, -0.05) is 29.8 Å². The molecule has 0 fully saturated rings. The molecule has 0 spiro atoms. The predicted octanol–water partition coefficient (Wildman–Crippen LogP) is 4.17. The number of aromatic nitrogens is 4. The van der Waals surface area contributed by atoms with Crippen molar-refractivity contribution in [3.8, 4) is 11.4 Å². The van der Waals surface area contributed by atoms with Crippen LogP contribution in [0.5, 0.6) is 0 Å². The fraction of sp³-hybridized carbons (Fsp3) is 0. The summed E-state index contributed by atoms with van der Waals surface area (Å²) in [4.78, 5) is 12.5. The maximum absolute atomic E-state index is 12.5. The molecular formula is C22H17ClN6O. The van der Waals surface area contributed by atoms with Gasteiger partial charge in [0.2, 0.25) is 5.43 Å². The Morgan fingerprint density at radius 2 is 1.87 bits per heavy atom. The standard InChI is InChI=1S/C22H17ClN6O/c23-18-15-17(28-13-4-12-25-28)7-8-20(18)29-14-10-21(30)22(27-29)19(9-11-24)26-16-5-2-1-3-6-16/h1-15,24,26H/b19-9-,24-11?. The number of hydrogen-bond acceptors (Lipinski definition) is 5. The number of anilines is 1. The summed E-state index contributed by atoms with van der Waals surface area (Å²) >= 11 is 6.50. The Bertz CT molecular complexity index is 1260. The number of halogens is 1. The number of nitrogens with one attached hydrogen (secondary N) is 2. The minimum atomic E-state index is -0.271. The third-order valence-corrected chi connectivity index (χ3v) is 4.62. The van der Waals surface area contributed by atoms with Crippen LogP contribution in [0.15, 0.2) is 90.1 Å². The maximum Gasteiger partial charge on any atom is 0.209 e. The van der Waals surface area contributed by atoms with Crippen molar-refractivity contribution in [1.82, 2.24) is 19.6 Å². The zero-order valence-electron chi connectivity index (χ0n) is 15.7. The normalized spacial score (nSPS) is 11.3. The Morgan fingerprint density at radius 3 is 2.57 bits per heavy atom. The predicted molar refractivity (Wildman–Crippen MR) is 119 cm³/mol. The number of rotatable bonds is 6. The minimum absolute atomic E-state index is 0.178. The van der Waals surface area contributed by atoms with E-state index in [4.69, 9.17) is 17.0 Å². The van der Waals surface area contributed by atoms with Crippen LogP contribution in [0, 0.1) is 5.41 Å². The first-order chi connectivity index (χ1) is 14.7. The van der Waals surface area contributed by atoms with E-state index in [2.05, 4.69) is 15.5 Å². The third kappa shape index (κ3) is 4.06. The van der Waals surface area contributed by atoms with Crippen LogP contribution in [0.25, 0.3) is 17.1 Å². The lowest BCUT2D eigenvalue weighted by Gasteiger charge is -2.13. The van der Waals surface area contributed by atoms with Gasteiger partial charge in [-0.2, -0.15) is 10.2 Å². The molecule has 0 aliphatic rings. The van der Waals surface area contributed by atoms with E-state index in [9.17, 15) is 4.79 Å². The van der Waals surface area contributed by atoms with Crippen molar-refractivity contribution in [3.05, 3.63) is 106 Å². The van der Waals surface area contributed by atoms with Gasteiger partial charge in [-0.3, -0.25) is 4.79 Å². The van der Waals surface area contributed by atoms with Gasteiger partial charge in [0.15, 0.2) is 5.69 Å². The average molecular weight is 417 g/mol. The van der Waals surface area contributed by atoms with Gasteiger partial charge >= 0.3 is 0 Å². The van der Waals surface area contributed by atoms with E-state index in [0.717, 1.165) is 17.6 Å². The lowest BCUT2D eigenvalue weighted by atomic mass is 10.2. The first-order valence-electron chi connectivity index (χ1n) is 9.09. The summed E-state index contributed by atoms with van der Waals surface area (Å²) in [5, 5.41) is 19.7. The SMILES string of the molecule is N=C/C=C(\Nc1ccccc1)c1nn(-c2ccc(-n3cccn3)cc2Cl)ccc1=O. The van der Waals surface area contributed by atoms with Gasteiger partial charge in [0.25, 0.3) is 0 Å². The molecule has 0 bridgehead atoms. The number of nitrogens with zero attached hydrogens (tertiary/aromatic N) is 4. The van der Waals surface area contributed by atoms with Crippen molar-refractivity contribution >= 4 is 29.2 Å². The molecule has 0 unspecified atom stereocenters. The summed E-state index contributed by atoms with van der Waals surface area (Å²) in [5.41, 5.74) is 2.53. The van der Waals surface area contributed by atoms with Crippen LogP contribution in [-0.2, 0) is 0 Å². The highest BCUT2D eigenvalue weighted by molar-refractivity contribution is 6.32. The molecule has 4 aromatic rings. The molecule has 2 N–H and O–H groups in total. The number of hydrogen-bond donors (Lipinski definition) is 2. The van der Waals surface area contributed by atoms with Crippen molar-refractivity contribution in [3.63, 3.8) is 0 Å². The summed E-state index contributed by atoms with van der Waals surface area (Å²) in [6.45, 7) is 0. The van der Waals surface area contributed by atoms with Crippen LogP contribution in [-0.4, -0.2) is 25.8 Å². The van der Waals surface area contributed by atoms with E-state index in [1.54, 1.807) is 23.1 Å². The quantitative estimate of drug-likeness (QED) is 0.461. The second-order valence-electron chi connectivity index (χ2n) is 6.30. The van der Waals surface area contributed by atoms with E-state index < -0.39 is 0 Å². The van der Waals surface area contributed by atoms with E-state index in [0.29, 0.717) is 16.4 Å². The topological polar surface area (TPSA) is 88.6 Å². The lowest BCUT2D eigenvalue weighted by Crippen LogP contribution is -2.18. The zero-order valence-corrected chi connectivity index (χ0v) is 16.5. The Labute approximate surface area is 177 Å². The van der Waals surface area contributed by atoms with Gasteiger partial charge in [0.1, 0.15) is 0 Å². The molecule has 7 nitrogen and oxygen atoms in total. The molecule has 148 valence electrons. The second-order valence-corrected chi connectivity index (χ2v) is 6.70. The van der Waals surface area contributed by atoms with Crippen LogP contribution in [0.3, 0.4) is 0 Å². The fourth-order valence-corrected chi connectivity index (χ4v) is 3.18. The van der Waals surface area contributed by atoms with Gasteiger partial charge in [-0.05, 0) is 42.5 Å². The zero-order chi connectivity index (χ0) is 20.9. The summed E-state index contributed by atoms with van der Waals surface area (Å²) in [6, 6.07) is 18.1. The molecule has 30 heavy (non-hydrogen) atoms. The van der Waals surface area contributed by atoms with E-state index in [-0.39, 0.29) is 11.1 Å². The van der Waals surface area contributed by atoms with Gasteiger partial charge < -0.3 is 10.7 Å².